The Labute approximate surface area is 117 Å². The summed E-state index contributed by atoms with van der Waals surface area (Å²) < 4.78 is 20.1. The molecule has 5 nitrogen and oxygen atoms in total. The molecule has 0 saturated heterocycles. The minimum atomic E-state index is -0.601. The minimum absolute atomic E-state index is 0.0187. The zero-order chi connectivity index (χ0) is 14.0. The molecule has 100 valence electrons. The zero-order valence-corrected chi connectivity index (χ0v) is 11.6. The number of nitrogen functional groups attached to an aromatic ring is 1. The first-order valence-corrected chi connectivity index (χ1v) is 6.29. The van der Waals surface area contributed by atoms with E-state index in [1.165, 1.54) is 17.0 Å². The van der Waals surface area contributed by atoms with E-state index in [1.807, 2.05) is 0 Å². The van der Waals surface area contributed by atoms with Crippen LogP contribution in [0.5, 0.6) is 0 Å². The average molecular weight is 328 g/mol. The maximum absolute atomic E-state index is 13.5. The normalized spacial score (nSPS) is 10.5. The Balaban J connectivity index is 2.41. The van der Waals surface area contributed by atoms with Crippen LogP contribution in [-0.4, -0.2) is 22.1 Å². The third kappa shape index (κ3) is 2.60. The standard InChI is InChI=1S/C12H11BrFN3O2/c1-2-19-12(18)10-11(15)17(6-16-10)7-3-4-8(13)9(14)5-7/h3-6H,2,15H2,1H3. The maximum Gasteiger partial charge on any atom is 0.360 e. The second kappa shape index (κ2) is 5.40. The van der Waals surface area contributed by atoms with Gasteiger partial charge in [-0.05, 0) is 41.1 Å². The molecule has 0 aliphatic carbocycles. The summed E-state index contributed by atoms with van der Waals surface area (Å²) in [5.41, 5.74) is 6.31. The predicted octanol–water partition coefficient (Wildman–Crippen LogP) is 2.53. The number of ether oxygens (including phenoxy) is 1. The first-order chi connectivity index (χ1) is 9.04. The van der Waals surface area contributed by atoms with Crippen LogP contribution in [0.3, 0.4) is 0 Å². The lowest BCUT2D eigenvalue weighted by molar-refractivity contribution is 0.0521. The summed E-state index contributed by atoms with van der Waals surface area (Å²) in [5, 5.41) is 0. The van der Waals surface area contributed by atoms with Crippen molar-refractivity contribution in [2.45, 2.75) is 6.92 Å². The van der Waals surface area contributed by atoms with Gasteiger partial charge < -0.3 is 10.5 Å². The summed E-state index contributed by atoms with van der Waals surface area (Å²) in [7, 11) is 0. The Morgan fingerprint density at radius 3 is 2.95 bits per heavy atom. The molecule has 1 aromatic carbocycles. The number of imidazole rings is 1. The highest BCUT2D eigenvalue weighted by Crippen LogP contribution is 2.22. The quantitative estimate of drug-likeness (QED) is 0.879. The SMILES string of the molecule is CCOC(=O)c1ncn(-c2ccc(Br)c(F)c2)c1N. The van der Waals surface area contributed by atoms with Crippen molar-refractivity contribution >= 4 is 27.7 Å². The van der Waals surface area contributed by atoms with Crippen LogP contribution in [0.25, 0.3) is 5.69 Å². The number of hydrogen-bond donors (Lipinski definition) is 1. The van der Waals surface area contributed by atoms with Crippen LogP contribution in [0.2, 0.25) is 0 Å². The number of anilines is 1. The Hall–Kier alpha value is -1.89. The summed E-state index contributed by atoms with van der Waals surface area (Å²) in [4.78, 5) is 15.5. The van der Waals surface area contributed by atoms with Gasteiger partial charge in [-0.25, -0.2) is 14.2 Å². The molecule has 2 aromatic rings. The lowest BCUT2D eigenvalue weighted by Crippen LogP contribution is -2.09. The minimum Gasteiger partial charge on any atom is -0.461 e. The molecular formula is C12H11BrFN3O2. The summed E-state index contributed by atoms with van der Waals surface area (Å²) >= 11 is 3.06. The molecule has 0 fully saturated rings. The van der Waals surface area contributed by atoms with Crippen molar-refractivity contribution in [1.29, 1.82) is 0 Å². The van der Waals surface area contributed by atoms with Crippen molar-refractivity contribution in [3.8, 4) is 5.69 Å². The molecule has 1 heterocycles. The molecular weight excluding hydrogens is 317 g/mol. The summed E-state index contributed by atoms with van der Waals surface area (Å²) in [5.74, 6) is -0.917. The van der Waals surface area contributed by atoms with Gasteiger partial charge in [0.25, 0.3) is 0 Å². The smallest absolute Gasteiger partial charge is 0.360 e. The number of carbonyl (C=O) groups excluding carboxylic acids is 1. The van der Waals surface area contributed by atoms with E-state index in [9.17, 15) is 9.18 Å². The van der Waals surface area contributed by atoms with Crippen LogP contribution < -0.4 is 5.73 Å². The van der Waals surface area contributed by atoms with Crippen molar-refractivity contribution in [3.05, 3.63) is 40.5 Å². The third-order valence-electron chi connectivity index (χ3n) is 2.45. The average Bonchev–Trinajstić information content (AvgIpc) is 2.75. The number of nitrogens with two attached hydrogens (primary N) is 1. The van der Waals surface area contributed by atoms with Crippen molar-refractivity contribution in [2.75, 3.05) is 12.3 Å². The van der Waals surface area contributed by atoms with Crippen LogP contribution in [0.15, 0.2) is 29.0 Å². The van der Waals surface area contributed by atoms with E-state index in [2.05, 4.69) is 20.9 Å². The van der Waals surface area contributed by atoms with Gasteiger partial charge in [0.15, 0.2) is 5.69 Å². The third-order valence-corrected chi connectivity index (χ3v) is 3.10. The van der Waals surface area contributed by atoms with Crippen molar-refractivity contribution in [2.24, 2.45) is 0 Å². The van der Waals surface area contributed by atoms with E-state index in [-0.39, 0.29) is 18.1 Å². The van der Waals surface area contributed by atoms with E-state index in [4.69, 9.17) is 10.5 Å². The van der Waals surface area contributed by atoms with Crippen LogP contribution in [0, 0.1) is 5.82 Å². The van der Waals surface area contributed by atoms with Crippen molar-refractivity contribution in [3.63, 3.8) is 0 Å². The first-order valence-electron chi connectivity index (χ1n) is 5.50. The molecule has 0 aliphatic heterocycles. The van der Waals surface area contributed by atoms with Crippen molar-refractivity contribution < 1.29 is 13.9 Å². The number of benzene rings is 1. The Morgan fingerprint density at radius 1 is 1.58 bits per heavy atom. The molecule has 19 heavy (non-hydrogen) atoms. The zero-order valence-electron chi connectivity index (χ0n) is 10.1. The van der Waals surface area contributed by atoms with Gasteiger partial charge in [0.2, 0.25) is 0 Å². The molecule has 7 heteroatoms. The highest BCUT2D eigenvalue weighted by molar-refractivity contribution is 9.10. The van der Waals surface area contributed by atoms with Gasteiger partial charge in [0, 0.05) is 0 Å². The molecule has 0 amide bonds. The summed E-state index contributed by atoms with van der Waals surface area (Å²) in [6.45, 7) is 1.92. The Morgan fingerprint density at radius 2 is 2.32 bits per heavy atom. The molecule has 0 atom stereocenters. The van der Waals surface area contributed by atoms with Crippen LogP contribution >= 0.6 is 15.9 Å². The fourth-order valence-corrected chi connectivity index (χ4v) is 1.80. The highest BCUT2D eigenvalue weighted by atomic mass is 79.9. The lowest BCUT2D eigenvalue weighted by Gasteiger charge is -2.06. The van der Waals surface area contributed by atoms with Gasteiger partial charge in [-0.2, -0.15) is 0 Å². The lowest BCUT2D eigenvalue weighted by atomic mass is 10.3. The van der Waals surface area contributed by atoms with Gasteiger partial charge in [0.05, 0.1) is 16.8 Å². The Kier molecular flexibility index (Phi) is 3.84. The maximum atomic E-state index is 13.5. The molecule has 0 saturated carbocycles. The molecule has 2 rings (SSSR count). The largest absolute Gasteiger partial charge is 0.461 e. The first kappa shape index (κ1) is 13.5. The number of rotatable bonds is 3. The second-order valence-corrected chi connectivity index (χ2v) is 4.52. The molecule has 0 spiro atoms. The molecule has 2 N–H and O–H groups in total. The number of esters is 1. The summed E-state index contributed by atoms with van der Waals surface area (Å²) in [6.07, 6.45) is 1.35. The second-order valence-electron chi connectivity index (χ2n) is 3.67. The number of carbonyl (C=O) groups is 1. The fraction of sp³-hybridized carbons (Fsp3) is 0.167. The molecule has 0 aliphatic rings. The van der Waals surface area contributed by atoms with Gasteiger partial charge >= 0.3 is 5.97 Å². The van der Waals surface area contributed by atoms with Gasteiger partial charge in [-0.3, -0.25) is 4.57 Å². The van der Waals surface area contributed by atoms with Crippen molar-refractivity contribution in [1.82, 2.24) is 9.55 Å². The highest BCUT2D eigenvalue weighted by Gasteiger charge is 2.17. The van der Waals surface area contributed by atoms with E-state index in [1.54, 1.807) is 19.1 Å². The van der Waals surface area contributed by atoms with Crippen LogP contribution in [-0.2, 0) is 4.74 Å². The van der Waals surface area contributed by atoms with Gasteiger partial charge in [-0.15, -0.1) is 0 Å². The molecule has 0 unspecified atom stereocenters. The fourth-order valence-electron chi connectivity index (χ4n) is 1.56. The topological polar surface area (TPSA) is 70.1 Å². The van der Waals surface area contributed by atoms with E-state index >= 15 is 0 Å². The number of aromatic nitrogens is 2. The molecule has 1 aromatic heterocycles. The summed E-state index contributed by atoms with van der Waals surface area (Å²) in [6, 6.07) is 4.49. The predicted molar refractivity (Wildman–Crippen MR) is 71.6 cm³/mol. The van der Waals surface area contributed by atoms with Crippen LogP contribution in [0.1, 0.15) is 17.4 Å². The van der Waals surface area contributed by atoms with Crippen LogP contribution in [0.4, 0.5) is 10.2 Å². The van der Waals surface area contributed by atoms with E-state index in [0.717, 1.165) is 0 Å². The molecule has 0 bridgehead atoms. The van der Waals surface area contributed by atoms with E-state index in [0.29, 0.717) is 10.2 Å². The number of nitrogens with zero attached hydrogens (tertiary/aromatic N) is 2. The Bertz CT molecular complexity index is 627. The number of hydrogen-bond acceptors (Lipinski definition) is 4. The molecule has 0 radical (unpaired) electrons. The number of halogens is 2. The van der Waals surface area contributed by atoms with Gasteiger partial charge in [0.1, 0.15) is 18.0 Å². The van der Waals surface area contributed by atoms with Gasteiger partial charge in [-0.1, -0.05) is 0 Å². The monoisotopic (exact) mass is 327 g/mol. The van der Waals surface area contributed by atoms with E-state index < -0.39 is 11.8 Å².